The number of aryl methyl sites for hydroxylation is 1. The second-order valence-corrected chi connectivity index (χ2v) is 3.39. The van der Waals surface area contributed by atoms with E-state index in [2.05, 4.69) is 18.8 Å². The van der Waals surface area contributed by atoms with Crippen molar-refractivity contribution < 1.29 is 4.84 Å². The smallest absolute Gasteiger partial charge is 0.141 e. The summed E-state index contributed by atoms with van der Waals surface area (Å²) in [5.74, 6) is 1.55. The van der Waals surface area contributed by atoms with E-state index in [0.29, 0.717) is 5.92 Å². The predicted octanol–water partition coefficient (Wildman–Crippen LogP) is 1.45. The average Bonchev–Trinajstić information content (AvgIpc) is 2.29. The van der Waals surface area contributed by atoms with Crippen LogP contribution in [0.1, 0.15) is 25.4 Å². The summed E-state index contributed by atoms with van der Waals surface area (Å²) >= 11 is 0. The second-order valence-electron chi connectivity index (χ2n) is 3.39. The highest BCUT2D eigenvalue weighted by molar-refractivity contribution is 5.02. The van der Waals surface area contributed by atoms with Crippen molar-refractivity contribution in [3.05, 3.63) is 17.7 Å². The lowest BCUT2D eigenvalue weighted by molar-refractivity contribution is 0.160. The summed E-state index contributed by atoms with van der Waals surface area (Å²) in [4.78, 5) is 9.42. The first-order chi connectivity index (χ1) is 5.63. The van der Waals surface area contributed by atoms with Gasteiger partial charge in [-0.05, 0) is 19.3 Å². The first kappa shape index (κ1) is 9.10. The Morgan fingerprint density at radius 1 is 1.58 bits per heavy atom. The molecule has 0 saturated carbocycles. The zero-order valence-electron chi connectivity index (χ0n) is 8.16. The van der Waals surface area contributed by atoms with E-state index in [4.69, 9.17) is 4.84 Å². The predicted molar refractivity (Wildman–Crippen MR) is 48.0 cm³/mol. The molecule has 0 aliphatic carbocycles. The molecule has 1 heterocycles. The number of nitrogens with zero attached hydrogens (tertiary/aromatic N) is 2. The molecule has 68 valence electrons. The summed E-state index contributed by atoms with van der Waals surface area (Å²) in [5.41, 5.74) is 1.10. The molecule has 0 aliphatic heterocycles. The number of hydrogen-bond acceptors (Lipinski definition) is 2. The first-order valence-corrected chi connectivity index (χ1v) is 4.23. The van der Waals surface area contributed by atoms with E-state index < -0.39 is 0 Å². The molecular weight excluding hydrogens is 152 g/mol. The number of rotatable bonds is 3. The molecule has 0 fully saturated rings. The molecule has 12 heavy (non-hydrogen) atoms. The van der Waals surface area contributed by atoms with E-state index in [-0.39, 0.29) is 0 Å². The fourth-order valence-electron chi connectivity index (χ4n) is 1.22. The van der Waals surface area contributed by atoms with Crippen molar-refractivity contribution in [2.75, 3.05) is 7.11 Å². The van der Waals surface area contributed by atoms with Crippen molar-refractivity contribution in [3.63, 3.8) is 0 Å². The zero-order chi connectivity index (χ0) is 9.14. The summed E-state index contributed by atoms with van der Waals surface area (Å²) in [7, 11) is 1.65. The van der Waals surface area contributed by atoms with Crippen molar-refractivity contribution in [3.8, 4) is 0 Å². The monoisotopic (exact) mass is 168 g/mol. The van der Waals surface area contributed by atoms with Gasteiger partial charge in [-0.15, -0.1) is 0 Å². The molecule has 0 bridgehead atoms. The lowest BCUT2D eigenvalue weighted by Gasteiger charge is -1.99. The third-order valence-corrected chi connectivity index (χ3v) is 1.70. The Labute approximate surface area is 73.3 Å². The van der Waals surface area contributed by atoms with Crippen molar-refractivity contribution >= 4 is 0 Å². The maximum atomic E-state index is 5.06. The fraction of sp³-hybridized carbons (Fsp3) is 0.667. The van der Waals surface area contributed by atoms with Crippen LogP contribution in [0.15, 0.2) is 6.20 Å². The Hall–Kier alpha value is -0.990. The van der Waals surface area contributed by atoms with Gasteiger partial charge in [-0.3, -0.25) is 0 Å². The molecule has 0 aromatic carbocycles. The van der Waals surface area contributed by atoms with Gasteiger partial charge in [0.15, 0.2) is 0 Å². The summed E-state index contributed by atoms with van der Waals surface area (Å²) in [5, 5.41) is 0. The van der Waals surface area contributed by atoms with Crippen LogP contribution in [0.5, 0.6) is 0 Å². The Morgan fingerprint density at radius 2 is 2.25 bits per heavy atom. The summed E-state index contributed by atoms with van der Waals surface area (Å²) < 4.78 is 1.69. The van der Waals surface area contributed by atoms with Crippen LogP contribution in [-0.4, -0.2) is 16.8 Å². The lowest BCUT2D eigenvalue weighted by atomic mass is 10.1. The third-order valence-electron chi connectivity index (χ3n) is 1.70. The van der Waals surface area contributed by atoms with E-state index in [9.17, 15) is 0 Å². The first-order valence-electron chi connectivity index (χ1n) is 4.23. The van der Waals surface area contributed by atoms with Crippen molar-refractivity contribution in [1.29, 1.82) is 0 Å². The van der Waals surface area contributed by atoms with Gasteiger partial charge in [0.05, 0.1) is 11.9 Å². The molecule has 1 aromatic rings. The quantitative estimate of drug-likeness (QED) is 0.683. The van der Waals surface area contributed by atoms with Crippen LogP contribution in [0.3, 0.4) is 0 Å². The molecule has 0 atom stereocenters. The minimum Gasteiger partial charge on any atom is -0.416 e. The van der Waals surface area contributed by atoms with Crippen LogP contribution in [0.25, 0.3) is 0 Å². The maximum Gasteiger partial charge on any atom is 0.141 e. The van der Waals surface area contributed by atoms with Gasteiger partial charge in [-0.25, -0.2) is 4.98 Å². The molecule has 0 N–H and O–H groups in total. The van der Waals surface area contributed by atoms with Crippen LogP contribution < -0.4 is 4.84 Å². The highest BCUT2D eigenvalue weighted by atomic mass is 16.6. The molecule has 3 heteroatoms. The topological polar surface area (TPSA) is 27.1 Å². The highest BCUT2D eigenvalue weighted by Crippen LogP contribution is 2.06. The Kier molecular flexibility index (Phi) is 2.74. The molecule has 1 rings (SSSR count). The number of aromatic nitrogens is 2. The Balaban J connectivity index is 2.75. The van der Waals surface area contributed by atoms with Crippen LogP contribution in [-0.2, 0) is 6.42 Å². The molecule has 0 aliphatic rings. The van der Waals surface area contributed by atoms with E-state index in [1.807, 2.05) is 13.1 Å². The Bertz CT molecular complexity index is 253. The normalized spacial score (nSPS) is 10.8. The molecule has 0 amide bonds. The number of imidazole rings is 1. The van der Waals surface area contributed by atoms with Crippen LogP contribution in [0.2, 0.25) is 0 Å². The van der Waals surface area contributed by atoms with Gasteiger partial charge in [-0.2, -0.15) is 4.73 Å². The van der Waals surface area contributed by atoms with Gasteiger partial charge in [0.1, 0.15) is 12.9 Å². The molecule has 0 unspecified atom stereocenters. The summed E-state index contributed by atoms with van der Waals surface area (Å²) in [6.45, 7) is 6.30. The molecule has 0 radical (unpaired) electrons. The third kappa shape index (κ3) is 2.00. The zero-order valence-corrected chi connectivity index (χ0v) is 8.16. The molecular formula is C9H16N2O. The summed E-state index contributed by atoms with van der Waals surface area (Å²) in [6.07, 6.45) is 2.95. The van der Waals surface area contributed by atoms with Crippen LogP contribution in [0.4, 0.5) is 0 Å². The van der Waals surface area contributed by atoms with E-state index >= 15 is 0 Å². The minimum atomic E-state index is 0.643. The number of hydrogen-bond donors (Lipinski definition) is 0. The van der Waals surface area contributed by atoms with Gasteiger partial charge in [0.2, 0.25) is 0 Å². The van der Waals surface area contributed by atoms with Gasteiger partial charge in [-0.1, -0.05) is 13.8 Å². The summed E-state index contributed by atoms with van der Waals surface area (Å²) in [6, 6.07) is 0. The van der Waals surface area contributed by atoms with Crippen molar-refractivity contribution in [2.45, 2.75) is 27.2 Å². The average molecular weight is 168 g/mol. The minimum absolute atomic E-state index is 0.643. The van der Waals surface area contributed by atoms with Crippen molar-refractivity contribution in [2.24, 2.45) is 5.92 Å². The van der Waals surface area contributed by atoms with Crippen LogP contribution in [0, 0.1) is 12.8 Å². The molecule has 1 aromatic heterocycles. The van der Waals surface area contributed by atoms with Gasteiger partial charge < -0.3 is 4.84 Å². The SMILES string of the molecule is COn1cc(CC(C)C)nc1C. The van der Waals surface area contributed by atoms with Gasteiger partial charge in [0.25, 0.3) is 0 Å². The van der Waals surface area contributed by atoms with E-state index in [0.717, 1.165) is 17.9 Å². The Morgan fingerprint density at radius 3 is 2.67 bits per heavy atom. The van der Waals surface area contributed by atoms with Gasteiger partial charge in [0, 0.05) is 0 Å². The van der Waals surface area contributed by atoms with Crippen LogP contribution >= 0.6 is 0 Å². The highest BCUT2D eigenvalue weighted by Gasteiger charge is 2.05. The van der Waals surface area contributed by atoms with E-state index in [1.54, 1.807) is 11.8 Å². The largest absolute Gasteiger partial charge is 0.416 e. The molecule has 0 saturated heterocycles. The standard InChI is InChI=1S/C9H16N2O/c1-7(2)5-9-6-11(12-4)8(3)10-9/h6-7H,5H2,1-4H3. The second kappa shape index (κ2) is 3.61. The molecule has 3 nitrogen and oxygen atoms in total. The van der Waals surface area contributed by atoms with E-state index in [1.165, 1.54) is 0 Å². The molecule has 0 spiro atoms. The van der Waals surface area contributed by atoms with Crippen molar-refractivity contribution in [1.82, 2.24) is 9.71 Å². The fourth-order valence-corrected chi connectivity index (χ4v) is 1.22. The lowest BCUT2D eigenvalue weighted by Crippen LogP contribution is -2.05. The van der Waals surface area contributed by atoms with Gasteiger partial charge >= 0.3 is 0 Å². The maximum absolute atomic E-state index is 5.06.